The minimum absolute atomic E-state index is 0.0561. The van der Waals surface area contributed by atoms with Crippen LogP contribution in [0.4, 0.5) is 5.69 Å². The molecule has 0 atom stereocenters. The topological polar surface area (TPSA) is 69.4 Å². The van der Waals surface area contributed by atoms with Crippen LogP contribution in [0, 0.1) is 10.1 Å². The normalized spacial score (nSPS) is 10.5. The standard InChI is InChI=1S/C19H29NO4/c1-2-3-4-5-6-7-8-9-10-11-14-24-18-12-13-19(20(22)23)17(15-18)16-21/h12-13,15-16H,2-11,14H2,1H3. The summed E-state index contributed by atoms with van der Waals surface area (Å²) >= 11 is 0. The van der Waals surface area contributed by atoms with E-state index in [4.69, 9.17) is 4.74 Å². The molecule has 5 heteroatoms. The summed E-state index contributed by atoms with van der Waals surface area (Å²) in [6, 6.07) is 4.29. The van der Waals surface area contributed by atoms with Crippen LogP contribution >= 0.6 is 0 Å². The van der Waals surface area contributed by atoms with E-state index < -0.39 is 4.92 Å². The van der Waals surface area contributed by atoms with Crippen LogP contribution in [0.15, 0.2) is 18.2 Å². The van der Waals surface area contributed by atoms with Crippen LogP contribution < -0.4 is 4.74 Å². The Kier molecular flexibility index (Phi) is 10.5. The van der Waals surface area contributed by atoms with Crippen molar-refractivity contribution >= 4 is 12.0 Å². The molecule has 134 valence electrons. The third kappa shape index (κ3) is 8.09. The number of nitro groups is 1. The molecule has 0 N–H and O–H groups in total. The Morgan fingerprint density at radius 2 is 1.58 bits per heavy atom. The van der Waals surface area contributed by atoms with E-state index >= 15 is 0 Å². The van der Waals surface area contributed by atoms with E-state index in [1.807, 2.05) is 0 Å². The zero-order valence-corrected chi connectivity index (χ0v) is 14.7. The van der Waals surface area contributed by atoms with E-state index in [1.165, 1.54) is 63.5 Å². The van der Waals surface area contributed by atoms with Crippen LogP contribution in [0.3, 0.4) is 0 Å². The lowest BCUT2D eigenvalue weighted by Gasteiger charge is -2.07. The van der Waals surface area contributed by atoms with Crippen molar-refractivity contribution in [1.82, 2.24) is 0 Å². The Morgan fingerprint density at radius 1 is 1.00 bits per heavy atom. The molecular weight excluding hydrogens is 306 g/mol. The quantitative estimate of drug-likeness (QED) is 0.189. The maximum Gasteiger partial charge on any atom is 0.280 e. The lowest BCUT2D eigenvalue weighted by Crippen LogP contribution is -2.00. The van der Waals surface area contributed by atoms with Crippen LogP contribution in [-0.4, -0.2) is 17.8 Å². The Hall–Kier alpha value is -1.91. The van der Waals surface area contributed by atoms with Gasteiger partial charge in [-0.25, -0.2) is 0 Å². The summed E-state index contributed by atoms with van der Waals surface area (Å²) in [5, 5.41) is 10.8. The average Bonchev–Trinajstić information content (AvgIpc) is 2.59. The molecule has 0 saturated heterocycles. The molecule has 0 aromatic heterocycles. The van der Waals surface area contributed by atoms with Crippen LogP contribution in [0.1, 0.15) is 81.5 Å². The van der Waals surface area contributed by atoms with Gasteiger partial charge in [0, 0.05) is 6.07 Å². The van der Waals surface area contributed by atoms with Gasteiger partial charge < -0.3 is 4.74 Å². The summed E-state index contributed by atoms with van der Waals surface area (Å²) in [5.74, 6) is 0.513. The molecule has 0 radical (unpaired) electrons. The van der Waals surface area contributed by atoms with Crippen LogP contribution in [0.5, 0.6) is 5.75 Å². The zero-order chi connectivity index (χ0) is 17.6. The molecule has 0 spiro atoms. The first-order chi connectivity index (χ1) is 11.7. The monoisotopic (exact) mass is 335 g/mol. The number of benzene rings is 1. The predicted molar refractivity (Wildman–Crippen MR) is 95.8 cm³/mol. The molecule has 5 nitrogen and oxygen atoms in total. The molecule has 0 heterocycles. The van der Waals surface area contributed by atoms with Crippen molar-refractivity contribution < 1.29 is 14.5 Å². The van der Waals surface area contributed by atoms with E-state index in [0.717, 1.165) is 12.8 Å². The molecule has 0 unspecified atom stereocenters. The fraction of sp³-hybridized carbons (Fsp3) is 0.632. The molecule has 1 aromatic carbocycles. The number of hydrogen-bond acceptors (Lipinski definition) is 4. The molecule has 0 saturated carbocycles. The van der Waals surface area contributed by atoms with Crippen LogP contribution in [0.25, 0.3) is 0 Å². The Balaban J connectivity index is 2.11. The highest BCUT2D eigenvalue weighted by Gasteiger charge is 2.13. The fourth-order valence-corrected chi connectivity index (χ4v) is 2.66. The molecule has 1 aromatic rings. The largest absolute Gasteiger partial charge is 0.494 e. The van der Waals surface area contributed by atoms with Gasteiger partial charge in [-0.3, -0.25) is 14.9 Å². The van der Waals surface area contributed by atoms with Crippen molar-refractivity contribution in [3.8, 4) is 5.75 Å². The minimum atomic E-state index is -0.560. The Bertz CT molecular complexity index is 502. The van der Waals surface area contributed by atoms with Crippen molar-refractivity contribution in [3.05, 3.63) is 33.9 Å². The third-order valence-corrected chi connectivity index (χ3v) is 4.09. The molecule has 1 rings (SSSR count). The average molecular weight is 335 g/mol. The van der Waals surface area contributed by atoms with Crippen molar-refractivity contribution in [3.63, 3.8) is 0 Å². The van der Waals surface area contributed by atoms with Gasteiger partial charge in [0.25, 0.3) is 5.69 Å². The smallest absolute Gasteiger partial charge is 0.280 e. The molecule has 0 aliphatic rings. The SMILES string of the molecule is CCCCCCCCCCCCOc1ccc([N+](=O)[O-])c(C=O)c1. The number of unbranched alkanes of at least 4 members (excludes halogenated alkanes) is 9. The van der Waals surface area contributed by atoms with Gasteiger partial charge in [0.15, 0.2) is 6.29 Å². The second-order valence-electron chi connectivity index (χ2n) is 6.13. The van der Waals surface area contributed by atoms with Gasteiger partial charge >= 0.3 is 0 Å². The highest BCUT2D eigenvalue weighted by molar-refractivity contribution is 5.82. The summed E-state index contributed by atoms with van der Waals surface area (Å²) in [4.78, 5) is 21.1. The summed E-state index contributed by atoms with van der Waals surface area (Å²) in [6.45, 7) is 2.81. The number of aldehydes is 1. The molecule has 0 aliphatic heterocycles. The van der Waals surface area contributed by atoms with Gasteiger partial charge in [0.1, 0.15) is 5.75 Å². The van der Waals surface area contributed by atoms with Crippen molar-refractivity contribution in [2.24, 2.45) is 0 Å². The maximum atomic E-state index is 10.9. The minimum Gasteiger partial charge on any atom is -0.494 e. The summed E-state index contributed by atoms with van der Waals surface area (Å²) in [7, 11) is 0. The predicted octanol–water partition coefficient (Wildman–Crippen LogP) is 5.71. The number of nitro benzene ring substituents is 1. The number of hydrogen-bond donors (Lipinski definition) is 0. The van der Waals surface area contributed by atoms with E-state index in [0.29, 0.717) is 18.6 Å². The van der Waals surface area contributed by atoms with Crippen LogP contribution in [0.2, 0.25) is 0 Å². The van der Waals surface area contributed by atoms with Crippen LogP contribution in [-0.2, 0) is 0 Å². The van der Waals surface area contributed by atoms with Gasteiger partial charge in [0.2, 0.25) is 0 Å². The summed E-state index contributed by atoms with van der Waals surface area (Å²) in [6.07, 6.45) is 13.1. The number of ether oxygens (including phenoxy) is 1. The maximum absolute atomic E-state index is 10.9. The van der Waals surface area contributed by atoms with E-state index in [-0.39, 0.29) is 11.3 Å². The molecule has 24 heavy (non-hydrogen) atoms. The first kappa shape index (κ1) is 20.1. The molecule has 0 amide bonds. The van der Waals surface area contributed by atoms with Gasteiger partial charge in [-0.1, -0.05) is 64.7 Å². The van der Waals surface area contributed by atoms with Gasteiger partial charge in [-0.15, -0.1) is 0 Å². The number of carbonyl (C=O) groups is 1. The zero-order valence-electron chi connectivity index (χ0n) is 14.7. The highest BCUT2D eigenvalue weighted by Crippen LogP contribution is 2.22. The third-order valence-electron chi connectivity index (χ3n) is 4.09. The Morgan fingerprint density at radius 3 is 2.12 bits per heavy atom. The number of carbonyl (C=O) groups excluding carboxylic acids is 1. The Labute approximate surface area is 144 Å². The van der Waals surface area contributed by atoms with E-state index in [9.17, 15) is 14.9 Å². The molecular formula is C19H29NO4. The summed E-state index contributed by atoms with van der Waals surface area (Å²) < 4.78 is 5.57. The number of rotatable bonds is 14. The number of nitrogens with zero attached hydrogens (tertiary/aromatic N) is 1. The molecule has 0 bridgehead atoms. The lowest BCUT2D eigenvalue weighted by atomic mass is 10.1. The second-order valence-corrected chi connectivity index (χ2v) is 6.13. The van der Waals surface area contributed by atoms with Crippen molar-refractivity contribution in [2.45, 2.75) is 71.1 Å². The fourth-order valence-electron chi connectivity index (χ4n) is 2.66. The first-order valence-corrected chi connectivity index (χ1v) is 9.05. The first-order valence-electron chi connectivity index (χ1n) is 9.05. The van der Waals surface area contributed by atoms with E-state index in [1.54, 1.807) is 6.07 Å². The summed E-state index contributed by atoms with van der Waals surface area (Å²) in [5.41, 5.74) is -0.128. The van der Waals surface area contributed by atoms with Crippen molar-refractivity contribution in [1.29, 1.82) is 0 Å². The van der Waals surface area contributed by atoms with Gasteiger partial charge in [-0.05, 0) is 18.6 Å². The van der Waals surface area contributed by atoms with Gasteiger partial charge in [0.05, 0.1) is 17.1 Å². The van der Waals surface area contributed by atoms with Crippen molar-refractivity contribution in [2.75, 3.05) is 6.61 Å². The lowest BCUT2D eigenvalue weighted by molar-refractivity contribution is -0.385. The molecule has 0 fully saturated rings. The van der Waals surface area contributed by atoms with Gasteiger partial charge in [-0.2, -0.15) is 0 Å². The molecule has 0 aliphatic carbocycles. The van der Waals surface area contributed by atoms with E-state index in [2.05, 4.69) is 6.92 Å². The second kappa shape index (κ2) is 12.5. The highest BCUT2D eigenvalue weighted by atomic mass is 16.6.